The molecule has 2 amide bonds. The summed E-state index contributed by atoms with van der Waals surface area (Å²) in [7, 11) is 0. The molecule has 0 spiro atoms. The highest BCUT2D eigenvalue weighted by Gasteiger charge is 2.61. The van der Waals surface area contributed by atoms with E-state index in [0.29, 0.717) is 31.1 Å². The molecule has 3 aliphatic rings. The zero-order valence-corrected chi connectivity index (χ0v) is 21.7. The number of fused-ring (bicyclic) bond motifs is 3. The van der Waals surface area contributed by atoms with Crippen LogP contribution >= 0.6 is 0 Å². The molecule has 3 fully saturated rings. The first-order valence-corrected chi connectivity index (χ1v) is 13.1. The smallest absolute Gasteiger partial charge is 0.273 e. The Labute approximate surface area is 216 Å². The average Bonchev–Trinajstić information content (AvgIpc) is 3.55. The lowest BCUT2D eigenvalue weighted by Gasteiger charge is -2.63. The van der Waals surface area contributed by atoms with Gasteiger partial charge in [0.25, 0.3) is 5.91 Å². The van der Waals surface area contributed by atoms with Gasteiger partial charge in [0.1, 0.15) is 11.5 Å². The van der Waals surface area contributed by atoms with Crippen LogP contribution in [-0.4, -0.2) is 53.7 Å². The van der Waals surface area contributed by atoms with Crippen molar-refractivity contribution in [2.75, 3.05) is 13.2 Å². The van der Waals surface area contributed by atoms with Gasteiger partial charge in [-0.15, -0.1) is 0 Å². The summed E-state index contributed by atoms with van der Waals surface area (Å²) >= 11 is 0. The molecule has 1 saturated heterocycles. The number of nitrogens with one attached hydrogen (secondary N) is 2. The summed E-state index contributed by atoms with van der Waals surface area (Å²) in [4.78, 5) is 25.2. The largest absolute Gasteiger partial charge is 0.467 e. The molecule has 7 unspecified atom stereocenters. The van der Waals surface area contributed by atoms with Crippen molar-refractivity contribution < 1.29 is 33.1 Å². The van der Waals surface area contributed by atoms with Gasteiger partial charge in [-0.3, -0.25) is 9.59 Å². The second-order valence-corrected chi connectivity index (χ2v) is 11.3. The molecule has 202 valence electrons. The summed E-state index contributed by atoms with van der Waals surface area (Å²) in [5.41, 5.74) is -0.241. The van der Waals surface area contributed by atoms with Gasteiger partial charge in [-0.25, -0.2) is 0 Å². The number of carbonyl (C=O) groups is 2. The maximum Gasteiger partial charge on any atom is 0.273 e. The molecule has 37 heavy (non-hydrogen) atoms. The second kappa shape index (κ2) is 10.2. The third-order valence-corrected chi connectivity index (χ3v) is 8.97. The van der Waals surface area contributed by atoms with Crippen molar-refractivity contribution in [3.8, 4) is 0 Å². The first kappa shape index (κ1) is 25.9. The number of ether oxygens (including phenoxy) is 2. The number of amides is 2. The topological polar surface area (TPSA) is 136 Å². The molecular weight excluding hydrogens is 478 g/mol. The van der Waals surface area contributed by atoms with E-state index >= 15 is 0 Å². The lowest BCUT2D eigenvalue weighted by atomic mass is 9.46. The van der Waals surface area contributed by atoms with Gasteiger partial charge in [0.15, 0.2) is 12.0 Å². The lowest BCUT2D eigenvalue weighted by Crippen LogP contribution is -2.63. The van der Waals surface area contributed by atoms with Crippen molar-refractivity contribution in [3.63, 3.8) is 0 Å². The highest BCUT2D eigenvalue weighted by Crippen LogP contribution is 2.62. The van der Waals surface area contributed by atoms with Crippen molar-refractivity contribution in [2.45, 2.75) is 77.9 Å². The lowest BCUT2D eigenvalue weighted by molar-refractivity contribution is -0.306. The van der Waals surface area contributed by atoms with Gasteiger partial charge < -0.3 is 34.2 Å². The maximum atomic E-state index is 12.8. The van der Waals surface area contributed by atoms with Gasteiger partial charge >= 0.3 is 0 Å². The summed E-state index contributed by atoms with van der Waals surface area (Å²) in [5, 5.41) is 20.5. The van der Waals surface area contributed by atoms with E-state index in [1.165, 1.54) is 0 Å². The Balaban J connectivity index is 1.21. The highest BCUT2D eigenvalue weighted by atomic mass is 16.7. The van der Waals surface area contributed by atoms with Crippen LogP contribution in [0.5, 0.6) is 0 Å². The summed E-state index contributed by atoms with van der Waals surface area (Å²) in [6.45, 7) is 7.21. The monoisotopic (exact) mass is 515 g/mol. The van der Waals surface area contributed by atoms with Crippen LogP contribution in [-0.2, 0) is 20.8 Å². The minimum absolute atomic E-state index is 0.0285. The highest BCUT2D eigenvalue weighted by molar-refractivity contribution is 5.92. The number of nitrogens with zero attached hydrogens (tertiary/aromatic N) is 1. The normalized spacial score (nSPS) is 35.3. The SMILES string of the molecule is Cc1cc(C(=O)NCC2OCC3(C)C(CCC4(C)C(CC(=O)NCc5ccco5)C(O)CCC34)O2)no1. The summed E-state index contributed by atoms with van der Waals surface area (Å²) in [5.74, 6) is 0.949. The molecule has 2 saturated carbocycles. The molecule has 0 bridgehead atoms. The quantitative estimate of drug-likeness (QED) is 0.512. The van der Waals surface area contributed by atoms with E-state index < -0.39 is 12.4 Å². The Bertz CT molecular complexity index is 1100. The number of carbonyl (C=O) groups excluding carboxylic acids is 2. The van der Waals surface area contributed by atoms with E-state index in [1.54, 1.807) is 25.3 Å². The fourth-order valence-corrected chi connectivity index (χ4v) is 7.00. The zero-order chi connectivity index (χ0) is 26.2. The van der Waals surface area contributed by atoms with Gasteiger partial charge in [0.05, 0.1) is 38.2 Å². The number of furan rings is 1. The van der Waals surface area contributed by atoms with E-state index in [1.807, 2.05) is 6.07 Å². The van der Waals surface area contributed by atoms with E-state index in [9.17, 15) is 14.7 Å². The zero-order valence-electron chi connectivity index (χ0n) is 21.7. The Kier molecular flexibility index (Phi) is 7.17. The Morgan fingerprint density at radius 1 is 1.19 bits per heavy atom. The first-order chi connectivity index (χ1) is 17.7. The van der Waals surface area contributed by atoms with Crippen molar-refractivity contribution in [3.05, 3.63) is 41.7 Å². The number of hydrogen-bond donors (Lipinski definition) is 3. The average molecular weight is 516 g/mol. The van der Waals surface area contributed by atoms with Crippen LogP contribution < -0.4 is 10.6 Å². The van der Waals surface area contributed by atoms with E-state index in [0.717, 1.165) is 19.3 Å². The van der Waals surface area contributed by atoms with Crippen LogP contribution in [0.4, 0.5) is 0 Å². The molecule has 0 aromatic carbocycles. The maximum absolute atomic E-state index is 12.8. The van der Waals surface area contributed by atoms with Crippen molar-refractivity contribution in [1.82, 2.24) is 15.8 Å². The molecule has 7 atom stereocenters. The van der Waals surface area contributed by atoms with E-state index in [2.05, 4.69) is 29.6 Å². The third kappa shape index (κ3) is 5.06. The fraction of sp³-hybridized carbons (Fsp3) is 0.667. The van der Waals surface area contributed by atoms with Crippen LogP contribution in [0.2, 0.25) is 0 Å². The molecule has 10 heteroatoms. The fourth-order valence-electron chi connectivity index (χ4n) is 7.00. The number of aryl methyl sites for hydroxylation is 1. The third-order valence-electron chi connectivity index (χ3n) is 8.97. The molecule has 2 aromatic heterocycles. The molecule has 3 heterocycles. The minimum Gasteiger partial charge on any atom is -0.467 e. The molecule has 5 rings (SSSR count). The van der Waals surface area contributed by atoms with Gasteiger partial charge in [-0.2, -0.15) is 0 Å². The van der Waals surface area contributed by atoms with Crippen LogP contribution in [0.15, 0.2) is 33.4 Å². The number of hydrogen-bond acceptors (Lipinski definition) is 8. The Morgan fingerprint density at radius 2 is 2.03 bits per heavy atom. The van der Waals surface area contributed by atoms with Crippen molar-refractivity contribution in [1.29, 1.82) is 0 Å². The number of aromatic nitrogens is 1. The van der Waals surface area contributed by atoms with Gasteiger partial charge in [-0.1, -0.05) is 19.0 Å². The molecule has 1 aliphatic heterocycles. The molecule has 3 N–H and O–H groups in total. The van der Waals surface area contributed by atoms with Crippen LogP contribution in [0.3, 0.4) is 0 Å². The number of aliphatic hydroxyl groups excluding tert-OH is 1. The van der Waals surface area contributed by atoms with Crippen LogP contribution in [0.25, 0.3) is 0 Å². The molecule has 2 aliphatic carbocycles. The molecule has 2 aromatic rings. The molecule has 10 nitrogen and oxygen atoms in total. The van der Waals surface area contributed by atoms with Gasteiger partial charge in [-0.05, 0) is 62.0 Å². The summed E-state index contributed by atoms with van der Waals surface area (Å²) in [6.07, 6.45) is 3.92. The van der Waals surface area contributed by atoms with E-state index in [-0.39, 0.29) is 59.2 Å². The van der Waals surface area contributed by atoms with Crippen LogP contribution in [0, 0.1) is 29.6 Å². The van der Waals surface area contributed by atoms with E-state index in [4.69, 9.17) is 18.4 Å². The number of rotatable bonds is 7. The molecule has 0 radical (unpaired) electrons. The summed E-state index contributed by atoms with van der Waals surface area (Å²) < 4.78 is 22.8. The predicted octanol–water partition coefficient (Wildman–Crippen LogP) is 2.95. The summed E-state index contributed by atoms with van der Waals surface area (Å²) in [6, 6.07) is 5.20. The minimum atomic E-state index is -0.545. The number of aliphatic hydroxyl groups is 1. The van der Waals surface area contributed by atoms with Crippen molar-refractivity contribution >= 4 is 11.8 Å². The van der Waals surface area contributed by atoms with Crippen LogP contribution in [0.1, 0.15) is 68.0 Å². The Hall–Kier alpha value is -2.69. The van der Waals surface area contributed by atoms with Gasteiger partial charge in [0, 0.05) is 17.9 Å². The second-order valence-electron chi connectivity index (χ2n) is 11.3. The van der Waals surface area contributed by atoms with Gasteiger partial charge in [0.2, 0.25) is 5.91 Å². The van der Waals surface area contributed by atoms with Crippen molar-refractivity contribution in [2.24, 2.45) is 22.7 Å². The Morgan fingerprint density at radius 3 is 2.76 bits per heavy atom. The first-order valence-electron chi connectivity index (χ1n) is 13.1. The standard InChI is InChI=1S/C27H37N3O7/c1-16-11-19(30-37-16)25(33)29-14-24-35-15-27(3)21-7-6-20(31)18(26(21,2)9-8-22(27)36-24)12-23(32)28-13-17-5-4-10-34-17/h4-5,10-11,18,20-22,24,31H,6-9,12-15H2,1-3H3,(H,28,32)(H,29,33). The predicted molar refractivity (Wildman–Crippen MR) is 131 cm³/mol. The molecular formula is C27H37N3O7.